The zero-order chi connectivity index (χ0) is 26.2. The SMILES string of the molecule is O=C(Nc1cn(CC2CO2)nc1-c1ccc(-c2cc(Cl)ccc2OC(F)F)cc1)c1cnn2cccnc12. The maximum atomic E-state index is 13.2. The number of anilines is 1. The van der Waals surface area contributed by atoms with E-state index in [1.807, 2.05) is 0 Å². The van der Waals surface area contributed by atoms with E-state index in [0.29, 0.717) is 57.5 Å². The van der Waals surface area contributed by atoms with Crippen LogP contribution in [0.4, 0.5) is 14.5 Å². The molecule has 3 aromatic heterocycles. The van der Waals surface area contributed by atoms with Crippen LogP contribution in [0.15, 0.2) is 73.3 Å². The van der Waals surface area contributed by atoms with E-state index in [0.717, 1.165) is 0 Å². The quantitative estimate of drug-likeness (QED) is 0.275. The van der Waals surface area contributed by atoms with Crippen molar-refractivity contribution < 1.29 is 23.0 Å². The molecular weight excluding hydrogens is 518 g/mol. The van der Waals surface area contributed by atoms with Gasteiger partial charge < -0.3 is 14.8 Å². The first kappa shape index (κ1) is 24.0. The van der Waals surface area contributed by atoms with Gasteiger partial charge in [0, 0.05) is 34.7 Å². The number of alkyl halides is 2. The Kier molecular flexibility index (Phi) is 6.22. The second kappa shape index (κ2) is 9.84. The highest BCUT2D eigenvalue weighted by Crippen LogP contribution is 2.36. The molecule has 0 aliphatic carbocycles. The average Bonchev–Trinajstić information content (AvgIpc) is 3.47. The predicted molar refractivity (Wildman–Crippen MR) is 135 cm³/mol. The Morgan fingerprint density at radius 3 is 2.76 bits per heavy atom. The van der Waals surface area contributed by atoms with Crippen LogP contribution in [0.3, 0.4) is 0 Å². The lowest BCUT2D eigenvalue weighted by Gasteiger charge is -2.12. The van der Waals surface area contributed by atoms with Gasteiger partial charge in [0.15, 0.2) is 5.65 Å². The molecule has 1 aliphatic rings. The fourth-order valence-electron chi connectivity index (χ4n) is 4.11. The van der Waals surface area contributed by atoms with E-state index >= 15 is 0 Å². The number of ether oxygens (including phenoxy) is 2. The van der Waals surface area contributed by atoms with Crippen LogP contribution in [0.5, 0.6) is 5.75 Å². The van der Waals surface area contributed by atoms with Crippen LogP contribution < -0.4 is 10.1 Å². The summed E-state index contributed by atoms with van der Waals surface area (Å²) in [6.07, 6.45) is 6.57. The van der Waals surface area contributed by atoms with E-state index in [2.05, 4.69) is 25.2 Å². The zero-order valence-electron chi connectivity index (χ0n) is 19.6. The summed E-state index contributed by atoms with van der Waals surface area (Å²) >= 11 is 6.11. The Morgan fingerprint density at radius 2 is 2.00 bits per heavy atom. The standard InChI is InChI=1S/C26H19ClF2N6O3/c27-17-6-7-22(38-26(28)29)19(10-17)15-2-4-16(5-3-15)23-21(13-34(33-23)12-18-14-37-18)32-25(36)20-11-31-35-9-1-8-30-24(20)35/h1-11,13,18,26H,12,14H2,(H,32,36). The van der Waals surface area contributed by atoms with Crippen molar-refractivity contribution in [1.82, 2.24) is 24.4 Å². The summed E-state index contributed by atoms with van der Waals surface area (Å²) in [5.74, 6) is -0.368. The first-order chi connectivity index (χ1) is 18.4. The van der Waals surface area contributed by atoms with Crippen molar-refractivity contribution in [2.24, 2.45) is 0 Å². The molecule has 38 heavy (non-hydrogen) atoms. The minimum absolute atomic E-state index is 0.0147. The van der Waals surface area contributed by atoms with Gasteiger partial charge in [-0.05, 0) is 29.8 Å². The topological polar surface area (TPSA) is 98.9 Å². The van der Waals surface area contributed by atoms with Crippen LogP contribution in [0.25, 0.3) is 28.0 Å². The Balaban J connectivity index is 1.33. The highest BCUT2D eigenvalue weighted by Gasteiger charge is 2.25. The number of amides is 1. The van der Waals surface area contributed by atoms with Gasteiger partial charge in [-0.1, -0.05) is 35.9 Å². The third-order valence-electron chi connectivity index (χ3n) is 5.95. The lowest BCUT2D eigenvalue weighted by molar-refractivity contribution is -0.0494. The summed E-state index contributed by atoms with van der Waals surface area (Å²) in [5.41, 5.74) is 3.52. The van der Waals surface area contributed by atoms with Gasteiger partial charge in [0.05, 0.1) is 25.0 Å². The van der Waals surface area contributed by atoms with Crippen LogP contribution in [0.1, 0.15) is 10.4 Å². The number of epoxide rings is 1. The molecule has 4 heterocycles. The van der Waals surface area contributed by atoms with E-state index < -0.39 is 6.61 Å². The molecule has 5 aromatic rings. The average molecular weight is 537 g/mol. The first-order valence-electron chi connectivity index (χ1n) is 11.6. The van der Waals surface area contributed by atoms with Crippen molar-refractivity contribution in [3.63, 3.8) is 0 Å². The molecule has 1 amide bonds. The van der Waals surface area contributed by atoms with E-state index in [1.165, 1.54) is 22.8 Å². The molecule has 9 nitrogen and oxygen atoms in total. The second-order valence-corrected chi connectivity index (χ2v) is 9.00. The minimum Gasteiger partial charge on any atom is -0.434 e. The van der Waals surface area contributed by atoms with E-state index in [9.17, 15) is 13.6 Å². The molecule has 1 saturated heterocycles. The summed E-state index contributed by atoms with van der Waals surface area (Å²) in [7, 11) is 0. The summed E-state index contributed by atoms with van der Waals surface area (Å²) in [4.78, 5) is 17.4. The molecular formula is C26H19ClF2N6O3. The van der Waals surface area contributed by atoms with Crippen LogP contribution in [-0.4, -0.2) is 49.6 Å². The Labute approximate surface area is 219 Å². The van der Waals surface area contributed by atoms with Crippen molar-refractivity contribution in [3.05, 3.63) is 83.9 Å². The van der Waals surface area contributed by atoms with Gasteiger partial charge in [-0.25, -0.2) is 9.50 Å². The van der Waals surface area contributed by atoms with E-state index in [1.54, 1.807) is 59.7 Å². The minimum atomic E-state index is -2.97. The van der Waals surface area contributed by atoms with Crippen molar-refractivity contribution in [2.45, 2.75) is 19.3 Å². The van der Waals surface area contributed by atoms with E-state index in [-0.39, 0.29) is 17.8 Å². The maximum absolute atomic E-state index is 13.2. The summed E-state index contributed by atoms with van der Waals surface area (Å²) in [6.45, 7) is -1.78. The molecule has 0 radical (unpaired) electrons. The smallest absolute Gasteiger partial charge is 0.387 e. The number of benzene rings is 2. The van der Waals surface area contributed by atoms with Gasteiger partial charge in [-0.2, -0.15) is 19.0 Å². The largest absolute Gasteiger partial charge is 0.434 e. The molecule has 192 valence electrons. The van der Waals surface area contributed by atoms with Crippen LogP contribution in [-0.2, 0) is 11.3 Å². The molecule has 6 rings (SSSR count). The van der Waals surface area contributed by atoms with Crippen LogP contribution in [0.2, 0.25) is 5.02 Å². The normalized spacial score (nSPS) is 14.7. The van der Waals surface area contributed by atoms with Crippen molar-refractivity contribution in [2.75, 3.05) is 11.9 Å². The van der Waals surface area contributed by atoms with Gasteiger partial charge in [0.1, 0.15) is 23.1 Å². The molecule has 1 atom stereocenters. The Bertz CT molecular complexity index is 1630. The van der Waals surface area contributed by atoms with Gasteiger partial charge >= 0.3 is 6.61 Å². The predicted octanol–water partition coefficient (Wildman–Crippen LogP) is 5.17. The molecule has 1 aliphatic heterocycles. The fourth-order valence-corrected chi connectivity index (χ4v) is 4.28. The Hall–Kier alpha value is -4.35. The first-order valence-corrected chi connectivity index (χ1v) is 12.0. The molecule has 0 bridgehead atoms. The third kappa shape index (κ3) is 4.93. The van der Waals surface area contributed by atoms with Crippen molar-refractivity contribution in [3.8, 4) is 28.1 Å². The number of hydrogen-bond acceptors (Lipinski definition) is 6. The number of nitrogens with one attached hydrogen (secondary N) is 1. The van der Waals surface area contributed by atoms with Crippen molar-refractivity contribution >= 4 is 28.8 Å². The van der Waals surface area contributed by atoms with Gasteiger partial charge in [-0.3, -0.25) is 9.48 Å². The maximum Gasteiger partial charge on any atom is 0.387 e. The summed E-state index contributed by atoms with van der Waals surface area (Å²) in [5, 5.41) is 12.2. The number of rotatable bonds is 8. The highest BCUT2D eigenvalue weighted by molar-refractivity contribution is 6.31. The van der Waals surface area contributed by atoms with Gasteiger partial charge in [-0.15, -0.1) is 0 Å². The molecule has 1 unspecified atom stereocenters. The number of carbonyl (C=O) groups is 1. The van der Waals surface area contributed by atoms with Crippen molar-refractivity contribution in [1.29, 1.82) is 0 Å². The lowest BCUT2D eigenvalue weighted by atomic mass is 10.0. The van der Waals surface area contributed by atoms with Crippen LogP contribution >= 0.6 is 11.6 Å². The number of fused-ring (bicyclic) bond motifs is 1. The fraction of sp³-hybridized carbons (Fsp3) is 0.154. The number of hydrogen-bond donors (Lipinski definition) is 1. The number of aromatic nitrogens is 5. The zero-order valence-corrected chi connectivity index (χ0v) is 20.3. The van der Waals surface area contributed by atoms with Gasteiger partial charge in [0.2, 0.25) is 0 Å². The second-order valence-electron chi connectivity index (χ2n) is 8.57. The van der Waals surface area contributed by atoms with Gasteiger partial charge in [0.25, 0.3) is 5.91 Å². The summed E-state index contributed by atoms with van der Waals surface area (Å²) < 4.78 is 39.1. The monoisotopic (exact) mass is 536 g/mol. The third-order valence-corrected chi connectivity index (χ3v) is 6.19. The molecule has 0 saturated carbocycles. The number of nitrogens with zero attached hydrogens (tertiary/aromatic N) is 5. The molecule has 2 aromatic carbocycles. The molecule has 1 N–H and O–H groups in total. The Morgan fingerprint density at radius 1 is 1.21 bits per heavy atom. The van der Waals surface area contributed by atoms with Crippen LogP contribution in [0, 0.1) is 0 Å². The number of carbonyl (C=O) groups excluding carboxylic acids is 1. The molecule has 0 spiro atoms. The van der Waals surface area contributed by atoms with E-state index in [4.69, 9.17) is 16.3 Å². The summed E-state index contributed by atoms with van der Waals surface area (Å²) in [6, 6.07) is 13.3. The molecule has 1 fully saturated rings. The highest BCUT2D eigenvalue weighted by atomic mass is 35.5. The molecule has 12 heteroatoms. The number of halogens is 3. The lowest BCUT2D eigenvalue weighted by Crippen LogP contribution is -2.12.